The first-order valence-electron chi connectivity index (χ1n) is 9.87. The van der Waals surface area contributed by atoms with Crippen LogP contribution in [0.15, 0.2) is 67.0 Å². The fraction of sp³-hybridized carbons (Fsp3) is 0.304. The number of ether oxygens (including phenoxy) is 1. The molecule has 0 amide bonds. The first-order valence-corrected chi connectivity index (χ1v) is 9.87. The van der Waals surface area contributed by atoms with Crippen molar-refractivity contribution in [3.05, 3.63) is 83.8 Å². The molecule has 2 aromatic carbocycles. The van der Waals surface area contributed by atoms with Gasteiger partial charge in [0.25, 0.3) is 0 Å². The number of benzene rings is 2. The number of nitrogens with zero attached hydrogens (tertiary/aromatic N) is 3. The molecule has 7 heteroatoms. The van der Waals surface area contributed by atoms with Gasteiger partial charge in [-0.05, 0) is 24.1 Å². The van der Waals surface area contributed by atoms with E-state index in [0.717, 1.165) is 31.6 Å². The molecule has 0 aliphatic carbocycles. The molecule has 1 fully saturated rings. The number of alkyl halides is 3. The Kier molecular flexibility index (Phi) is 6.11. The van der Waals surface area contributed by atoms with Gasteiger partial charge in [-0.1, -0.05) is 42.5 Å². The van der Waals surface area contributed by atoms with Gasteiger partial charge in [-0.15, -0.1) is 0 Å². The summed E-state index contributed by atoms with van der Waals surface area (Å²) in [6.07, 6.45) is -0.774. The minimum Gasteiger partial charge on any atom is -0.369 e. The van der Waals surface area contributed by atoms with E-state index in [2.05, 4.69) is 27.0 Å². The lowest BCUT2D eigenvalue weighted by Crippen LogP contribution is -2.39. The second-order valence-electron chi connectivity index (χ2n) is 7.26. The maximum atomic E-state index is 13.1. The standard InChI is InChI=1S/C23H22F3N3O/c24-23(25,26)19-8-4-7-18(15-19)21-22(28-11-10-27-21)20-16-29(13-14-30-20)12-9-17-5-2-1-3-6-17/h1-8,10-11,15,20H,9,12-14,16H2/t20-/m1/s1. The smallest absolute Gasteiger partial charge is 0.369 e. The quantitative estimate of drug-likeness (QED) is 0.604. The van der Waals surface area contributed by atoms with Gasteiger partial charge in [-0.2, -0.15) is 13.2 Å². The SMILES string of the molecule is FC(F)(F)c1cccc(-c2nccnc2[C@H]2CN(CCc3ccccc3)CCO2)c1. The van der Waals surface area contributed by atoms with E-state index in [1.165, 1.54) is 17.8 Å². The third-order valence-electron chi connectivity index (χ3n) is 5.20. The van der Waals surface area contributed by atoms with Gasteiger partial charge < -0.3 is 4.74 Å². The molecule has 0 unspecified atom stereocenters. The molecule has 4 rings (SSSR count). The van der Waals surface area contributed by atoms with E-state index in [1.807, 2.05) is 18.2 Å². The lowest BCUT2D eigenvalue weighted by Gasteiger charge is -2.33. The maximum Gasteiger partial charge on any atom is 0.416 e. The predicted molar refractivity (Wildman–Crippen MR) is 108 cm³/mol. The average Bonchev–Trinajstić information content (AvgIpc) is 2.78. The van der Waals surface area contributed by atoms with Crippen molar-refractivity contribution in [1.82, 2.24) is 14.9 Å². The first-order chi connectivity index (χ1) is 14.5. The van der Waals surface area contributed by atoms with Gasteiger partial charge in [-0.3, -0.25) is 14.9 Å². The predicted octanol–water partition coefficient (Wildman–Crippen LogP) is 4.78. The molecule has 156 valence electrons. The summed E-state index contributed by atoms with van der Waals surface area (Å²) >= 11 is 0. The number of hydrogen-bond donors (Lipinski definition) is 0. The fourth-order valence-corrected chi connectivity index (χ4v) is 3.65. The van der Waals surface area contributed by atoms with Gasteiger partial charge in [0.15, 0.2) is 0 Å². The Hall–Kier alpha value is -2.77. The monoisotopic (exact) mass is 413 g/mol. The zero-order valence-electron chi connectivity index (χ0n) is 16.3. The minimum absolute atomic E-state index is 0.340. The van der Waals surface area contributed by atoms with Crippen LogP contribution in [0.4, 0.5) is 13.2 Å². The summed E-state index contributed by atoms with van der Waals surface area (Å²) < 4.78 is 45.4. The molecule has 0 spiro atoms. The average molecular weight is 413 g/mol. The molecular weight excluding hydrogens is 391 g/mol. The molecule has 4 nitrogen and oxygen atoms in total. The second-order valence-corrected chi connectivity index (χ2v) is 7.26. The number of rotatable bonds is 5. The summed E-state index contributed by atoms with van der Waals surface area (Å²) in [4.78, 5) is 11.1. The Bertz CT molecular complexity index is 979. The van der Waals surface area contributed by atoms with E-state index in [1.54, 1.807) is 12.3 Å². The normalized spacial score (nSPS) is 17.8. The van der Waals surface area contributed by atoms with Gasteiger partial charge in [0.1, 0.15) is 6.10 Å². The highest BCUT2D eigenvalue weighted by molar-refractivity contribution is 5.63. The molecule has 1 saturated heterocycles. The largest absolute Gasteiger partial charge is 0.416 e. The second kappa shape index (κ2) is 8.93. The number of morpholine rings is 1. The maximum absolute atomic E-state index is 13.1. The van der Waals surface area contributed by atoms with Crippen molar-refractivity contribution in [3.63, 3.8) is 0 Å². The van der Waals surface area contributed by atoms with Crippen molar-refractivity contribution in [2.24, 2.45) is 0 Å². The van der Waals surface area contributed by atoms with E-state index >= 15 is 0 Å². The lowest BCUT2D eigenvalue weighted by atomic mass is 10.0. The van der Waals surface area contributed by atoms with Gasteiger partial charge in [0, 0.05) is 37.6 Å². The molecule has 0 bridgehead atoms. The summed E-state index contributed by atoms with van der Waals surface area (Å²) in [5.41, 5.74) is 1.95. The third-order valence-corrected chi connectivity index (χ3v) is 5.20. The lowest BCUT2D eigenvalue weighted by molar-refractivity contribution is -0.137. The topological polar surface area (TPSA) is 38.2 Å². The Morgan fingerprint density at radius 2 is 1.80 bits per heavy atom. The minimum atomic E-state index is -4.41. The van der Waals surface area contributed by atoms with E-state index in [0.29, 0.717) is 30.1 Å². The summed E-state index contributed by atoms with van der Waals surface area (Å²) in [6, 6.07) is 15.4. The molecule has 0 radical (unpaired) electrons. The Balaban J connectivity index is 1.53. The highest BCUT2D eigenvalue weighted by Crippen LogP contribution is 2.34. The van der Waals surface area contributed by atoms with Gasteiger partial charge in [0.2, 0.25) is 0 Å². The van der Waals surface area contributed by atoms with Crippen molar-refractivity contribution < 1.29 is 17.9 Å². The highest BCUT2D eigenvalue weighted by atomic mass is 19.4. The van der Waals surface area contributed by atoms with Crippen LogP contribution in [-0.4, -0.2) is 41.1 Å². The number of hydrogen-bond acceptors (Lipinski definition) is 4. The zero-order valence-corrected chi connectivity index (χ0v) is 16.3. The summed E-state index contributed by atoms with van der Waals surface area (Å²) in [7, 11) is 0. The molecule has 1 aliphatic heterocycles. The number of halogens is 3. The number of aromatic nitrogens is 2. The van der Waals surface area contributed by atoms with Gasteiger partial charge >= 0.3 is 6.18 Å². The van der Waals surface area contributed by atoms with E-state index in [-0.39, 0.29) is 6.10 Å². The van der Waals surface area contributed by atoms with Crippen LogP contribution in [0.3, 0.4) is 0 Å². The van der Waals surface area contributed by atoms with Crippen LogP contribution in [0.5, 0.6) is 0 Å². The van der Waals surface area contributed by atoms with Crippen LogP contribution in [0.2, 0.25) is 0 Å². The van der Waals surface area contributed by atoms with Crippen molar-refractivity contribution in [2.75, 3.05) is 26.2 Å². The highest BCUT2D eigenvalue weighted by Gasteiger charge is 2.31. The first kappa shape index (κ1) is 20.5. The van der Waals surface area contributed by atoms with Crippen LogP contribution in [0.25, 0.3) is 11.3 Å². The summed E-state index contributed by atoms with van der Waals surface area (Å²) in [5, 5.41) is 0. The van der Waals surface area contributed by atoms with E-state index in [4.69, 9.17) is 4.74 Å². The van der Waals surface area contributed by atoms with Crippen LogP contribution in [-0.2, 0) is 17.3 Å². The van der Waals surface area contributed by atoms with Crippen LogP contribution in [0, 0.1) is 0 Å². The van der Waals surface area contributed by atoms with Crippen LogP contribution >= 0.6 is 0 Å². The van der Waals surface area contributed by atoms with Crippen molar-refractivity contribution >= 4 is 0 Å². The molecular formula is C23H22F3N3O. The van der Waals surface area contributed by atoms with E-state index < -0.39 is 11.7 Å². The molecule has 0 N–H and O–H groups in total. The molecule has 0 saturated carbocycles. The summed E-state index contributed by atoms with van der Waals surface area (Å²) in [5.74, 6) is 0. The fourth-order valence-electron chi connectivity index (χ4n) is 3.65. The molecule has 30 heavy (non-hydrogen) atoms. The molecule has 1 atom stereocenters. The summed E-state index contributed by atoms with van der Waals surface area (Å²) in [6.45, 7) is 2.85. The van der Waals surface area contributed by atoms with Crippen LogP contribution < -0.4 is 0 Å². The van der Waals surface area contributed by atoms with Crippen LogP contribution in [0.1, 0.15) is 22.9 Å². The van der Waals surface area contributed by atoms with Gasteiger partial charge in [0.05, 0.1) is 23.6 Å². The Morgan fingerprint density at radius 1 is 1.00 bits per heavy atom. The third kappa shape index (κ3) is 4.86. The Morgan fingerprint density at radius 3 is 2.60 bits per heavy atom. The van der Waals surface area contributed by atoms with Gasteiger partial charge in [-0.25, -0.2) is 0 Å². The molecule has 2 heterocycles. The van der Waals surface area contributed by atoms with Crippen molar-refractivity contribution in [3.8, 4) is 11.3 Å². The molecule has 1 aromatic heterocycles. The Labute approximate surface area is 173 Å². The molecule has 1 aliphatic rings. The molecule has 3 aromatic rings. The van der Waals surface area contributed by atoms with E-state index in [9.17, 15) is 13.2 Å². The van der Waals surface area contributed by atoms with Crippen molar-refractivity contribution in [2.45, 2.75) is 18.7 Å². The zero-order chi connectivity index (χ0) is 21.0. The van der Waals surface area contributed by atoms with Crippen molar-refractivity contribution in [1.29, 1.82) is 0 Å².